The van der Waals surface area contributed by atoms with Crippen LogP contribution in [0.4, 0.5) is 22.7 Å². The van der Waals surface area contributed by atoms with Crippen LogP contribution < -0.4 is 5.32 Å². The molecule has 0 aliphatic rings. The molecule has 0 atom stereocenters. The second-order valence-corrected chi connectivity index (χ2v) is 4.43. The van der Waals surface area contributed by atoms with E-state index < -0.39 is 17.6 Å². The number of halogens is 4. The Hall–Kier alpha value is -1.63. The maximum Gasteiger partial charge on any atom is 0.416 e. The lowest BCUT2D eigenvalue weighted by Crippen LogP contribution is -2.08. The van der Waals surface area contributed by atoms with E-state index in [-0.39, 0.29) is 12.1 Å². The van der Waals surface area contributed by atoms with Crippen molar-refractivity contribution in [2.45, 2.75) is 12.7 Å². The molecule has 96 valence electrons. The van der Waals surface area contributed by atoms with Gasteiger partial charge in [-0.2, -0.15) is 13.2 Å². The molecule has 0 aliphatic carbocycles. The summed E-state index contributed by atoms with van der Waals surface area (Å²) in [5.41, 5.74) is -0.768. The van der Waals surface area contributed by atoms with Gasteiger partial charge < -0.3 is 5.32 Å². The second kappa shape index (κ2) is 4.93. The van der Waals surface area contributed by atoms with Crippen molar-refractivity contribution in [2.75, 3.05) is 5.32 Å². The fourth-order valence-corrected chi connectivity index (χ4v) is 1.93. The quantitative estimate of drug-likeness (QED) is 0.860. The fraction of sp³-hybridized carbons (Fsp3) is 0.182. The molecule has 1 aromatic heterocycles. The molecule has 0 saturated heterocycles. The number of nitrogens with one attached hydrogen (secondary N) is 1. The first-order valence-corrected chi connectivity index (χ1v) is 5.83. The molecular weight excluding hydrogens is 268 g/mol. The summed E-state index contributed by atoms with van der Waals surface area (Å²) in [6.07, 6.45) is -2.97. The summed E-state index contributed by atoms with van der Waals surface area (Å²) in [6, 6.07) is 2.46. The molecule has 1 N–H and O–H groups in total. The van der Waals surface area contributed by atoms with Crippen molar-refractivity contribution in [2.24, 2.45) is 0 Å². The van der Waals surface area contributed by atoms with Crippen molar-refractivity contribution in [1.82, 2.24) is 4.98 Å². The number of hydrogen-bond donors (Lipinski definition) is 1. The van der Waals surface area contributed by atoms with Crippen molar-refractivity contribution < 1.29 is 17.6 Å². The van der Waals surface area contributed by atoms with Crippen LogP contribution >= 0.6 is 11.3 Å². The summed E-state index contributed by atoms with van der Waals surface area (Å²) in [5, 5.41) is 5.13. The molecule has 0 amide bonds. The van der Waals surface area contributed by atoms with Gasteiger partial charge in [-0.25, -0.2) is 9.37 Å². The summed E-state index contributed by atoms with van der Waals surface area (Å²) >= 11 is 1.32. The summed E-state index contributed by atoms with van der Waals surface area (Å²) in [5.74, 6) is -0.902. The molecule has 0 bridgehead atoms. The van der Waals surface area contributed by atoms with E-state index in [1.807, 2.05) is 0 Å². The highest BCUT2D eigenvalue weighted by Crippen LogP contribution is 2.30. The average molecular weight is 276 g/mol. The van der Waals surface area contributed by atoms with E-state index in [2.05, 4.69) is 10.3 Å². The third kappa shape index (κ3) is 3.19. The fourth-order valence-electron chi connectivity index (χ4n) is 1.40. The third-order valence-electron chi connectivity index (χ3n) is 2.16. The van der Waals surface area contributed by atoms with Crippen molar-refractivity contribution in [1.29, 1.82) is 0 Å². The van der Waals surface area contributed by atoms with Gasteiger partial charge >= 0.3 is 6.18 Å². The van der Waals surface area contributed by atoms with Crippen LogP contribution in [0.25, 0.3) is 0 Å². The Morgan fingerprint density at radius 2 is 2.00 bits per heavy atom. The van der Waals surface area contributed by atoms with E-state index in [1.54, 1.807) is 11.6 Å². The molecule has 0 radical (unpaired) electrons. The molecular formula is C11H8F4N2S. The minimum absolute atomic E-state index is 0.0916. The zero-order valence-electron chi connectivity index (χ0n) is 8.96. The molecule has 2 rings (SSSR count). The first-order valence-electron chi connectivity index (χ1n) is 4.95. The average Bonchev–Trinajstić information content (AvgIpc) is 2.77. The zero-order valence-corrected chi connectivity index (χ0v) is 9.78. The maximum absolute atomic E-state index is 13.1. The third-order valence-corrected chi connectivity index (χ3v) is 2.89. The van der Waals surface area contributed by atoms with Crippen LogP contribution in [0.15, 0.2) is 29.8 Å². The number of nitrogens with zero attached hydrogens (tertiary/aromatic N) is 1. The maximum atomic E-state index is 13.1. The van der Waals surface area contributed by atoms with Gasteiger partial charge in [0.15, 0.2) is 5.13 Å². The SMILES string of the molecule is Fc1cc(CNc2nccs2)cc(C(F)(F)F)c1. The molecule has 0 saturated carbocycles. The van der Waals surface area contributed by atoms with Crippen molar-refractivity contribution in [3.63, 3.8) is 0 Å². The number of rotatable bonds is 3. The van der Waals surface area contributed by atoms with E-state index in [1.165, 1.54) is 11.3 Å². The van der Waals surface area contributed by atoms with Gasteiger partial charge in [-0.1, -0.05) is 0 Å². The van der Waals surface area contributed by atoms with Gasteiger partial charge in [0.25, 0.3) is 0 Å². The van der Waals surface area contributed by atoms with E-state index in [9.17, 15) is 17.6 Å². The van der Waals surface area contributed by atoms with Crippen LogP contribution in [0, 0.1) is 5.82 Å². The highest BCUT2D eigenvalue weighted by atomic mass is 32.1. The van der Waals surface area contributed by atoms with Crippen LogP contribution in [0.1, 0.15) is 11.1 Å². The van der Waals surface area contributed by atoms with E-state index in [0.29, 0.717) is 11.2 Å². The van der Waals surface area contributed by atoms with E-state index in [4.69, 9.17) is 0 Å². The predicted molar refractivity (Wildman–Crippen MR) is 60.8 cm³/mol. The van der Waals surface area contributed by atoms with Gasteiger partial charge in [0.2, 0.25) is 0 Å². The lowest BCUT2D eigenvalue weighted by molar-refractivity contribution is -0.137. The van der Waals surface area contributed by atoms with E-state index >= 15 is 0 Å². The molecule has 7 heteroatoms. The van der Waals surface area contributed by atoms with Crippen molar-refractivity contribution >= 4 is 16.5 Å². The summed E-state index contributed by atoms with van der Waals surface area (Å²) in [4.78, 5) is 3.92. The highest BCUT2D eigenvalue weighted by Gasteiger charge is 2.31. The molecule has 0 aliphatic heterocycles. The Labute approximate surface area is 104 Å². The van der Waals surface area contributed by atoms with Crippen LogP contribution in [0.3, 0.4) is 0 Å². The molecule has 2 nitrogen and oxygen atoms in total. The number of thiazole rings is 1. The summed E-state index contributed by atoms with van der Waals surface area (Å²) in [6.45, 7) is 0.0916. The number of hydrogen-bond acceptors (Lipinski definition) is 3. The second-order valence-electron chi connectivity index (χ2n) is 3.54. The number of alkyl halides is 3. The number of benzene rings is 1. The normalized spacial score (nSPS) is 11.6. The minimum Gasteiger partial charge on any atom is -0.357 e. The summed E-state index contributed by atoms with van der Waals surface area (Å²) < 4.78 is 50.5. The monoisotopic (exact) mass is 276 g/mol. The van der Waals surface area contributed by atoms with Gasteiger partial charge in [-0.05, 0) is 23.8 Å². The van der Waals surface area contributed by atoms with Gasteiger partial charge in [0, 0.05) is 18.1 Å². The molecule has 18 heavy (non-hydrogen) atoms. The van der Waals surface area contributed by atoms with Crippen LogP contribution in [0.5, 0.6) is 0 Å². The molecule has 0 spiro atoms. The molecule has 1 aromatic carbocycles. The lowest BCUT2D eigenvalue weighted by atomic mass is 10.1. The van der Waals surface area contributed by atoms with Crippen molar-refractivity contribution in [3.8, 4) is 0 Å². The number of aromatic nitrogens is 1. The summed E-state index contributed by atoms with van der Waals surface area (Å²) in [7, 11) is 0. The lowest BCUT2D eigenvalue weighted by Gasteiger charge is -2.09. The first-order chi connectivity index (χ1) is 8.45. The minimum atomic E-state index is -4.54. The molecule has 0 unspecified atom stereocenters. The first kappa shape index (κ1) is 12.8. The Kier molecular flexibility index (Phi) is 3.51. The largest absolute Gasteiger partial charge is 0.416 e. The van der Waals surface area contributed by atoms with Crippen LogP contribution in [-0.4, -0.2) is 4.98 Å². The van der Waals surface area contributed by atoms with Gasteiger partial charge in [0.05, 0.1) is 5.56 Å². The highest BCUT2D eigenvalue weighted by molar-refractivity contribution is 7.13. The molecule has 1 heterocycles. The molecule has 2 aromatic rings. The zero-order chi connectivity index (χ0) is 13.2. The number of anilines is 1. The van der Waals surface area contributed by atoms with Gasteiger partial charge in [-0.15, -0.1) is 11.3 Å². The van der Waals surface area contributed by atoms with Crippen LogP contribution in [-0.2, 0) is 12.7 Å². The topological polar surface area (TPSA) is 24.9 Å². The van der Waals surface area contributed by atoms with Crippen molar-refractivity contribution in [3.05, 3.63) is 46.7 Å². The Morgan fingerprint density at radius 1 is 1.22 bits per heavy atom. The van der Waals surface area contributed by atoms with Gasteiger partial charge in [-0.3, -0.25) is 0 Å². The Morgan fingerprint density at radius 3 is 2.61 bits per heavy atom. The standard InChI is InChI=1S/C11H8F4N2S/c12-9-4-7(3-8(5-9)11(13,14)15)6-17-10-16-1-2-18-10/h1-5H,6H2,(H,16,17). The van der Waals surface area contributed by atoms with Crippen LogP contribution in [0.2, 0.25) is 0 Å². The predicted octanol–water partition coefficient (Wildman–Crippen LogP) is 3.91. The van der Waals surface area contributed by atoms with Gasteiger partial charge in [0.1, 0.15) is 5.82 Å². The smallest absolute Gasteiger partial charge is 0.357 e. The Balaban J connectivity index is 2.15. The molecule has 0 fully saturated rings. The van der Waals surface area contributed by atoms with E-state index in [0.717, 1.165) is 12.1 Å². The Bertz CT molecular complexity index is 522.